The van der Waals surface area contributed by atoms with Crippen molar-refractivity contribution in [1.82, 2.24) is 14.3 Å². The number of fused-ring (bicyclic) bond motifs is 3. The number of pyridine rings is 2. The van der Waals surface area contributed by atoms with Crippen LogP contribution in [-0.4, -0.2) is 21.7 Å². The van der Waals surface area contributed by atoms with Crippen molar-refractivity contribution in [3.05, 3.63) is 125 Å². The summed E-state index contributed by atoms with van der Waals surface area (Å²) in [5.74, 6) is -0.329. The molecule has 2 heterocycles. The zero-order valence-electron chi connectivity index (χ0n) is 21.1. The number of allylic oxidation sites excluding steroid dienone is 1. The Morgan fingerprint density at radius 1 is 1.05 bits per heavy atom. The lowest BCUT2D eigenvalue weighted by molar-refractivity contribution is -0.111. The molecular weight excluding hydrogens is 506 g/mol. The third kappa shape index (κ3) is 5.37. The van der Waals surface area contributed by atoms with Gasteiger partial charge in [-0.1, -0.05) is 36.9 Å². The van der Waals surface area contributed by atoms with Crippen molar-refractivity contribution >= 4 is 57.1 Å². The fourth-order valence-electron chi connectivity index (χ4n) is 4.27. The maximum atomic E-state index is 13.3. The number of amides is 1. The average Bonchev–Trinajstić information content (AvgIpc) is 2.96. The van der Waals surface area contributed by atoms with Crippen LogP contribution in [0.1, 0.15) is 11.1 Å². The molecule has 0 spiro atoms. The van der Waals surface area contributed by atoms with Crippen LogP contribution in [0.2, 0.25) is 0 Å². The highest BCUT2D eigenvalue weighted by molar-refractivity contribution is 7.97. The highest BCUT2D eigenvalue weighted by atomic mass is 32.2. The van der Waals surface area contributed by atoms with Crippen LogP contribution >= 0.6 is 11.9 Å². The molecule has 5 aromatic rings. The van der Waals surface area contributed by atoms with Gasteiger partial charge in [0.2, 0.25) is 5.91 Å². The number of benzene rings is 3. The molecule has 8 heteroatoms. The number of aromatic nitrogens is 2. The van der Waals surface area contributed by atoms with E-state index < -0.39 is 0 Å². The molecular formula is C31H25N5O2S. The van der Waals surface area contributed by atoms with Crippen molar-refractivity contribution in [1.29, 1.82) is 5.41 Å². The van der Waals surface area contributed by atoms with Crippen LogP contribution in [0.15, 0.2) is 114 Å². The SMILES string of the molecule is C=CC(=O)Nc1cc(-n2c(=O)ccc3cnc4ccc(/C(C=N)=C/NSc5ccccc5)cc4c32)ccc1C. The molecule has 0 aliphatic heterocycles. The van der Waals surface area contributed by atoms with E-state index in [9.17, 15) is 9.59 Å². The summed E-state index contributed by atoms with van der Waals surface area (Å²) in [5, 5.41) is 12.4. The van der Waals surface area contributed by atoms with E-state index in [0.717, 1.165) is 26.8 Å². The van der Waals surface area contributed by atoms with E-state index >= 15 is 0 Å². The molecule has 0 unspecified atom stereocenters. The van der Waals surface area contributed by atoms with Gasteiger partial charge in [0.05, 0.1) is 16.7 Å². The van der Waals surface area contributed by atoms with Gasteiger partial charge in [0.15, 0.2) is 0 Å². The maximum Gasteiger partial charge on any atom is 0.255 e. The molecule has 39 heavy (non-hydrogen) atoms. The molecule has 5 rings (SSSR count). The summed E-state index contributed by atoms with van der Waals surface area (Å²) in [6, 6.07) is 24.4. The van der Waals surface area contributed by atoms with Crippen LogP contribution in [0.25, 0.3) is 33.1 Å². The molecule has 0 atom stereocenters. The first-order valence-corrected chi connectivity index (χ1v) is 13.0. The van der Waals surface area contributed by atoms with Crippen LogP contribution in [0.4, 0.5) is 5.69 Å². The highest BCUT2D eigenvalue weighted by Crippen LogP contribution is 2.29. The van der Waals surface area contributed by atoms with Crippen LogP contribution in [0, 0.1) is 12.3 Å². The van der Waals surface area contributed by atoms with Crippen molar-refractivity contribution in [3.8, 4) is 5.69 Å². The van der Waals surface area contributed by atoms with Crippen LogP contribution in [0.3, 0.4) is 0 Å². The molecule has 0 bridgehead atoms. The van der Waals surface area contributed by atoms with Crippen molar-refractivity contribution < 1.29 is 4.79 Å². The molecule has 3 N–H and O–H groups in total. The zero-order valence-corrected chi connectivity index (χ0v) is 22.0. The quantitative estimate of drug-likeness (QED) is 0.0950. The molecule has 1 amide bonds. The standard InChI is InChI=1S/C31H25N5O2S/c1-3-29(37)35-28-16-24(12-9-20(28)2)36-30(38)14-11-22-18-33-27-13-10-21(15-26(27)31(22)36)23(17-32)19-34-39-25-7-5-4-6-8-25/h3-19,32,34H,1H2,2H3,(H,35,37)/b23-19+,32-17?. The monoisotopic (exact) mass is 531 g/mol. The summed E-state index contributed by atoms with van der Waals surface area (Å²) >= 11 is 1.45. The Morgan fingerprint density at radius 2 is 1.87 bits per heavy atom. The first kappa shape index (κ1) is 25.7. The topological polar surface area (TPSA) is 99.9 Å². The Hall–Kier alpha value is -4.95. The second kappa shape index (κ2) is 11.2. The number of aryl methyl sites for hydroxylation is 1. The predicted octanol–water partition coefficient (Wildman–Crippen LogP) is 6.26. The molecule has 192 valence electrons. The van der Waals surface area contributed by atoms with E-state index in [0.29, 0.717) is 28.0 Å². The molecule has 0 radical (unpaired) electrons. The normalized spacial score (nSPS) is 11.4. The Morgan fingerprint density at radius 3 is 2.64 bits per heavy atom. The predicted molar refractivity (Wildman–Crippen MR) is 161 cm³/mol. The van der Waals surface area contributed by atoms with Gasteiger partial charge in [-0.25, -0.2) is 0 Å². The van der Waals surface area contributed by atoms with Crippen molar-refractivity contribution in [2.45, 2.75) is 11.8 Å². The molecule has 0 fully saturated rings. The number of hydrogen-bond acceptors (Lipinski definition) is 6. The van der Waals surface area contributed by atoms with E-state index in [1.165, 1.54) is 30.3 Å². The van der Waals surface area contributed by atoms with Gasteiger partial charge in [-0.2, -0.15) is 0 Å². The minimum Gasteiger partial charge on any atom is -0.332 e. The van der Waals surface area contributed by atoms with E-state index in [2.05, 4.69) is 21.6 Å². The van der Waals surface area contributed by atoms with Crippen LogP contribution < -0.4 is 15.6 Å². The Kier molecular flexibility index (Phi) is 7.38. The Bertz CT molecular complexity index is 1830. The van der Waals surface area contributed by atoms with E-state index in [1.54, 1.807) is 29.1 Å². The molecule has 0 saturated carbocycles. The van der Waals surface area contributed by atoms with Gasteiger partial charge in [-0.05, 0) is 78.5 Å². The number of carbonyl (C=O) groups excluding carboxylic acids is 1. The third-order valence-electron chi connectivity index (χ3n) is 6.26. The smallest absolute Gasteiger partial charge is 0.255 e. The number of nitrogens with one attached hydrogen (secondary N) is 3. The molecule has 2 aromatic heterocycles. The number of carbonyl (C=O) groups is 1. The Labute approximate surface area is 229 Å². The minimum atomic E-state index is -0.329. The largest absolute Gasteiger partial charge is 0.332 e. The number of rotatable bonds is 8. The van der Waals surface area contributed by atoms with Crippen molar-refractivity contribution in [2.24, 2.45) is 0 Å². The molecule has 0 aliphatic carbocycles. The second-order valence-corrected chi connectivity index (χ2v) is 9.68. The minimum absolute atomic E-state index is 0.214. The van der Waals surface area contributed by atoms with Gasteiger partial charge in [0, 0.05) is 51.6 Å². The van der Waals surface area contributed by atoms with Gasteiger partial charge >= 0.3 is 0 Å². The van der Waals surface area contributed by atoms with Gasteiger partial charge in [0.1, 0.15) is 0 Å². The lowest BCUT2D eigenvalue weighted by atomic mass is 10.0. The third-order valence-corrected chi connectivity index (χ3v) is 7.01. The summed E-state index contributed by atoms with van der Waals surface area (Å²) in [6.45, 7) is 5.40. The Balaban J connectivity index is 1.64. The summed E-state index contributed by atoms with van der Waals surface area (Å²) in [5.41, 5.74) is 4.73. The fraction of sp³-hybridized carbons (Fsp3) is 0.0323. The van der Waals surface area contributed by atoms with Crippen molar-refractivity contribution in [3.63, 3.8) is 0 Å². The number of nitrogens with zero attached hydrogens (tertiary/aromatic N) is 2. The number of anilines is 1. The lowest BCUT2D eigenvalue weighted by Crippen LogP contribution is -2.18. The molecule has 0 saturated heterocycles. The number of hydrogen-bond donors (Lipinski definition) is 3. The average molecular weight is 532 g/mol. The highest BCUT2D eigenvalue weighted by Gasteiger charge is 2.13. The first-order valence-electron chi connectivity index (χ1n) is 12.2. The van der Waals surface area contributed by atoms with Gasteiger partial charge in [0.25, 0.3) is 5.56 Å². The summed E-state index contributed by atoms with van der Waals surface area (Å²) in [6.07, 6.45) is 6.03. The van der Waals surface area contributed by atoms with Crippen LogP contribution in [0.5, 0.6) is 0 Å². The van der Waals surface area contributed by atoms with E-state index in [4.69, 9.17) is 5.41 Å². The fourth-order valence-corrected chi connectivity index (χ4v) is 4.89. The first-order chi connectivity index (χ1) is 19.0. The van der Waals surface area contributed by atoms with Gasteiger partial charge < -0.3 is 15.4 Å². The molecule has 3 aromatic carbocycles. The summed E-state index contributed by atoms with van der Waals surface area (Å²) in [7, 11) is 0. The van der Waals surface area contributed by atoms with Crippen molar-refractivity contribution in [2.75, 3.05) is 5.32 Å². The van der Waals surface area contributed by atoms with Crippen LogP contribution in [-0.2, 0) is 4.79 Å². The second-order valence-electron chi connectivity index (χ2n) is 8.77. The zero-order chi connectivity index (χ0) is 27.4. The van der Waals surface area contributed by atoms with Gasteiger partial charge in [-0.15, -0.1) is 0 Å². The molecule has 7 nitrogen and oxygen atoms in total. The summed E-state index contributed by atoms with van der Waals surface area (Å²) in [4.78, 5) is 30.9. The van der Waals surface area contributed by atoms with E-state index in [-0.39, 0.29) is 11.5 Å². The van der Waals surface area contributed by atoms with E-state index in [1.807, 2.05) is 67.6 Å². The maximum absolute atomic E-state index is 13.3. The van der Waals surface area contributed by atoms with Gasteiger partial charge in [-0.3, -0.25) is 19.1 Å². The summed E-state index contributed by atoms with van der Waals surface area (Å²) < 4.78 is 4.83. The molecule has 0 aliphatic rings. The lowest BCUT2D eigenvalue weighted by Gasteiger charge is -2.15.